The number of para-hydroxylation sites is 1. The maximum atomic E-state index is 4.56. The second kappa shape index (κ2) is 5.49. The van der Waals surface area contributed by atoms with Crippen LogP contribution >= 0.6 is 0 Å². The molecule has 0 unspecified atom stereocenters. The molecule has 0 fully saturated rings. The van der Waals surface area contributed by atoms with Crippen LogP contribution in [-0.2, 0) is 13.1 Å². The van der Waals surface area contributed by atoms with E-state index in [0.29, 0.717) is 0 Å². The summed E-state index contributed by atoms with van der Waals surface area (Å²) in [6, 6.07) is 12.8. The number of nitrogens with zero attached hydrogens (tertiary/aromatic N) is 2. The van der Waals surface area contributed by atoms with Crippen molar-refractivity contribution >= 4 is 5.69 Å². The van der Waals surface area contributed by atoms with Gasteiger partial charge in [0, 0.05) is 30.5 Å². The first-order chi connectivity index (χ1) is 10.1. The van der Waals surface area contributed by atoms with Crippen molar-refractivity contribution in [2.24, 2.45) is 0 Å². The number of fused-ring (bicyclic) bond motifs is 1. The molecular formula is C18H23N3. The Morgan fingerprint density at radius 2 is 2.00 bits per heavy atom. The van der Waals surface area contributed by atoms with Crippen LogP contribution < -0.4 is 10.2 Å². The second-order valence-electron chi connectivity index (χ2n) is 6.49. The Labute approximate surface area is 127 Å². The monoisotopic (exact) mass is 281 g/mol. The van der Waals surface area contributed by atoms with Gasteiger partial charge in [-0.2, -0.15) is 0 Å². The minimum Gasteiger partial charge on any atom is -0.364 e. The number of aromatic nitrogens is 1. The third-order valence-corrected chi connectivity index (χ3v) is 4.13. The van der Waals surface area contributed by atoms with Crippen molar-refractivity contribution in [2.45, 2.75) is 39.4 Å². The predicted octanol–water partition coefficient (Wildman–Crippen LogP) is 3.28. The van der Waals surface area contributed by atoms with Gasteiger partial charge in [-0.15, -0.1) is 0 Å². The largest absolute Gasteiger partial charge is 0.364 e. The summed E-state index contributed by atoms with van der Waals surface area (Å²) in [6.07, 6.45) is 1.88. The number of hydrogen-bond acceptors (Lipinski definition) is 3. The molecule has 21 heavy (non-hydrogen) atoms. The summed E-state index contributed by atoms with van der Waals surface area (Å²) in [6.45, 7) is 9.40. The molecule has 0 aliphatic carbocycles. The predicted molar refractivity (Wildman–Crippen MR) is 87.4 cm³/mol. The molecule has 1 N–H and O–H groups in total. The van der Waals surface area contributed by atoms with Crippen LogP contribution in [0.15, 0.2) is 42.6 Å². The fraction of sp³-hybridized carbons (Fsp3) is 0.389. The number of nitrogens with one attached hydrogen (secondary N) is 1. The fourth-order valence-corrected chi connectivity index (χ4v) is 2.93. The van der Waals surface area contributed by atoms with Crippen molar-refractivity contribution in [3.05, 3.63) is 59.4 Å². The van der Waals surface area contributed by atoms with Crippen molar-refractivity contribution in [3.8, 4) is 0 Å². The average molecular weight is 281 g/mol. The molecule has 3 nitrogen and oxygen atoms in total. The van der Waals surface area contributed by atoms with Crippen molar-refractivity contribution in [1.82, 2.24) is 10.3 Å². The molecule has 110 valence electrons. The SMILES string of the molecule is Cc1cccnc1CN1CC(C)(C)NCc2ccccc21. The van der Waals surface area contributed by atoms with Crippen LogP contribution in [0, 0.1) is 6.92 Å². The van der Waals surface area contributed by atoms with Gasteiger partial charge < -0.3 is 10.2 Å². The van der Waals surface area contributed by atoms with E-state index < -0.39 is 0 Å². The molecule has 0 atom stereocenters. The van der Waals surface area contributed by atoms with E-state index in [1.807, 2.05) is 12.3 Å². The Kier molecular flexibility index (Phi) is 3.68. The molecule has 0 amide bonds. The Morgan fingerprint density at radius 1 is 1.19 bits per heavy atom. The zero-order valence-electron chi connectivity index (χ0n) is 13.1. The van der Waals surface area contributed by atoms with Gasteiger partial charge in [-0.25, -0.2) is 0 Å². The van der Waals surface area contributed by atoms with E-state index in [9.17, 15) is 0 Å². The maximum Gasteiger partial charge on any atom is 0.0626 e. The molecule has 1 aliphatic heterocycles. The summed E-state index contributed by atoms with van der Waals surface area (Å²) in [5.41, 5.74) is 5.18. The lowest BCUT2D eigenvalue weighted by atomic mass is 10.1. The van der Waals surface area contributed by atoms with Crippen molar-refractivity contribution < 1.29 is 0 Å². The maximum absolute atomic E-state index is 4.56. The summed E-state index contributed by atoms with van der Waals surface area (Å²) in [7, 11) is 0. The van der Waals surface area contributed by atoms with Crippen LogP contribution in [0.25, 0.3) is 0 Å². The number of rotatable bonds is 2. The van der Waals surface area contributed by atoms with Crippen LogP contribution in [0.1, 0.15) is 30.7 Å². The highest BCUT2D eigenvalue weighted by atomic mass is 15.2. The van der Waals surface area contributed by atoms with Gasteiger partial charge in [0.15, 0.2) is 0 Å². The van der Waals surface area contributed by atoms with Crippen molar-refractivity contribution in [3.63, 3.8) is 0 Å². The molecular weight excluding hydrogens is 258 g/mol. The first kappa shape index (κ1) is 14.1. The highest BCUT2D eigenvalue weighted by Crippen LogP contribution is 2.27. The molecule has 1 aromatic carbocycles. The quantitative estimate of drug-likeness (QED) is 0.915. The topological polar surface area (TPSA) is 28.2 Å². The van der Waals surface area contributed by atoms with E-state index in [-0.39, 0.29) is 5.54 Å². The highest BCUT2D eigenvalue weighted by molar-refractivity contribution is 5.55. The van der Waals surface area contributed by atoms with Crippen LogP contribution in [0.4, 0.5) is 5.69 Å². The number of pyridine rings is 1. The lowest BCUT2D eigenvalue weighted by Gasteiger charge is -2.32. The molecule has 1 aliphatic rings. The second-order valence-corrected chi connectivity index (χ2v) is 6.49. The highest BCUT2D eigenvalue weighted by Gasteiger charge is 2.27. The fourth-order valence-electron chi connectivity index (χ4n) is 2.93. The standard InChI is InChI=1S/C18H23N3/c1-14-7-6-10-19-16(14)12-21-13-18(2,3)20-11-15-8-4-5-9-17(15)21/h4-10,20H,11-13H2,1-3H3. The first-order valence-corrected chi connectivity index (χ1v) is 7.53. The molecule has 2 aromatic rings. The summed E-state index contributed by atoms with van der Waals surface area (Å²) in [4.78, 5) is 7.01. The lowest BCUT2D eigenvalue weighted by Crippen LogP contribution is -2.46. The summed E-state index contributed by atoms with van der Waals surface area (Å²) in [5, 5.41) is 3.65. The van der Waals surface area contributed by atoms with E-state index in [1.165, 1.54) is 16.8 Å². The van der Waals surface area contributed by atoms with Gasteiger partial charge in [0.1, 0.15) is 0 Å². The van der Waals surface area contributed by atoms with Crippen LogP contribution in [0.3, 0.4) is 0 Å². The molecule has 0 saturated heterocycles. The van der Waals surface area contributed by atoms with Gasteiger partial charge in [-0.05, 0) is 44.0 Å². The van der Waals surface area contributed by atoms with Gasteiger partial charge in [0.25, 0.3) is 0 Å². The van der Waals surface area contributed by atoms with Gasteiger partial charge >= 0.3 is 0 Å². The summed E-state index contributed by atoms with van der Waals surface area (Å²) >= 11 is 0. The summed E-state index contributed by atoms with van der Waals surface area (Å²) in [5.74, 6) is 0. The third kappa shape index (κ3) is 3.08. The van der Waals surface area contributed by atoms with E-state index in [1.54, 1.807) is 0 Å². The zero-order valence-corrected chi connectivity index (χ0v) is 13.1. The Hall–Kier alpha value is -1.87. The van der Waals surface area contributed by atoms with E-state index in [2.05, 4.69) is 66.3 Å². The minimum absolute atomic E-state index is 0.0850. The molecule has 0 spiro atoms. The smallest absolute Gasteiger partial charge is 0.0626 e. The molecule has 3 rings (SSSR count). The van der Waals surface area contributed by atoms with Crippen LogP contribution in [0.2, 0.25) is 0 Å². The Morgan fingerprint density at radius 3 is 2.81 bits per heavy atom. The van der Waals surface area contributed by atoms with Crippen LogP contribution in [0.5, 0.6) is 0 Å². The number of benzene rings is 1. The van der Waals surface area contributed by atoms with Gasteiger partial charge in [0.2, 0.25) is 0 Å². The molecule has 0 saturated carbocycles. The molecule has 2 heterocycles. The Bertz CT molecular complexity index is 634. The van der Waals surface area contributed by atoms with Crippen molar-refractivity contribution in [2.75, 3.05) is 11.4 Å². The van der Waals surface area contributed by atoms with E-state index in [0.717, 1.165) is 25.3 Å². The minimum atomic E-state index is 0.0850. The van der Waals surface area contributed by atoms with E-state index in [4.69, 9.17) is 0 Å². The summed E-state index contributed by atoms with van der Waals surface area (Å²) < 4.78 is 0. The normalized spacial score (nSPS) is 17.2. The molecule has 0 radical (unpaired) electrons. The van der Waals surface area contributed by atoms with Gasteiger partial charge in [0.05, 0.1) is 12.2 Å². The number of anilines is 1. The number of hydrogen-bond donors (Lipinski definition) is 1. The Balaban J connectivity index is 1.96. The van der Waals surface area contributed by atoms with Gasteiger partial charge in [-0.3, -0.25) is 4.98 Å². The molecule has 0 bridgehead atoms. The van der Waals surface area contributed by atoms with Crippen molar-refractivity contribution in [1.29, 1.82) is 0 Å². The third-order valence-electron chi connectivity index (χ3n) is 4.13. The first-order valence-electron chi connectivity index (χ1n) is 7.53. The van der Waals surface area contributed by atoms with E-state index >= 15 is 0 Å². The van der Waals surface area contributed by atoms with Crippen LogP contribution in [-0.4, -0.2) is 17.1 Å². The molecule has 3 heteroatoms. The number of aryl methyl sites for hydroxylation is 1. The average Bonchev–Trinajstić information content (AvgIpc) is 2.59. The van der Waals surface area contributed by atoms with Gasteiger partial charge in [-0.1, -0.05) is 24.3 Å². The molecule has 1 aromatic heterocycles. The zero-order chi connectivity index (χ0) is 14.9. The lowest BCUT2D eigenvalue weighted by molar-refractivity contribution is 0.394.